The monoisotopic (exact) mass is 654 g/mol. The molecule has 3 N–H and O–H groups in total. The Morgan fingerprint density at radius 2 is 1.48 bits per heavy atom. The van der Waals surface area contributed by atoms with Crippen LogP contribution in [-0.4, -0.2) is 17.7 Å². The quantitative estimate of drug-likeness (QED) is 0.168. The summed E-state index contributed by atoms with van der Waals surface area (Å²) in [6.07, 6.45) is -0.398. The summed E-state index contributed by atoms with van der Waals surface area (Å²) >= 11 is 1.65. The Morgan fingerprint density at radius 3 is 2.15 bits per heavy atom. The molecule has 0 saturated carbocycles. The number of carbonyl (C=O) groups excluding carboxylic acids is 3. The van der Waals surface area contributed by atoms with E-state index in [0.717, 1.165) is 21.6 Å². The molecule has 6 rings (SSSR count). The molecule has 0 aliphatic carbocycles. The van der Waals surface area contributed by atoms with Gasteiger partial charge in [-0.2, -0.15) is 0 Å². The van der Waals surface area contributed by atoms with Crippen molar-refractivity contribution in [2.24, 2.45) is 11.7 Å². The van der Waals surface area contributed by atoms with E-state index in [-0.39, 0.29) is 25.5 Å². The molecule has 2 heterocycles. The molecule has 1 aliphatic heterocycles. The van der Waals surface area contributed by atoms with Crippen LogP contribution in [0.15, 0.2) is 115 Å². The summed E-state index contributed by atoms with van der Waals surface area (Å²) < 4.78 is 14.2. The standard InChI is InChI=1S/C36H31FN4O3S.ClH/c37-30-7-2-1-6-27(30)22-39-34(42)20-29-35(43)40(23-25-11-15-26(16-12-25)33-10-5-19-45-33)31-8-3-4-9-32(31)41(36(29)44)28-17-13-24(21-38)14-18-28;/h1-19,29H,20-23,38H2,(H,39,42);1H. The van der Waals surface area contributed by atoms with Crippen LogP contribution in [-0.2, 0) is 34.0 Å². The Labute approximate surface area is 276 Å². The van der Waals surface area contributed by atoms with E-state index in [1.807, 2.05) is 66.0 Å². The fourth-order valence-corrected chi connectivity index (χ4v) is 6.18. The number of fused-ring (bicyclic) bond motifs is 1. The number of carbonyl (C=O) groups is 3. The van der Waals surface area contributed by atoms with Gasteiger partial charge in [-0.25, -0.2) is 4.39 Å². The van der Waals surface area contributed by atoms with Gasteiger partial charge >= 0.3 is 0 Å². The molecule has 7 nitrogen and oxygen atoms in total. The predicted octanol–water partition coefficient (Wildman–Crippen LogP) is 6.97. The van der Waals surface area contributed by atoms with Crippen LogP contribution in [0.25, 0.3) is 10.4 Å². The SMILES string of the molecule is Cl.NCc1ccc(N2C(=O)C(CC(=O)NCc3ccccc3F)C(=O)N(Cc3ccc(-c4cccs4)cc3)c3ccccc32)cc1. The van der Waals surface area contributed by atoms with Gasteiger partial charge in [0, 0.05) is 35.6 Å². The van der Waals surface area contributed by atoms with Crippen molar-refractivity contribution in [3.8, 4) is 10.4 Å². The summed E-state index contributed by atoms with van der Waals surface area (Å²) in [6, 6.07) is 32.6. The van der Waals surface area contributed by atoms with Gasteiger partial charge in [-0.15, -0.1) is 23.7 Å². The highest BCUT2D eigenvalue weighted by Gasteiger charge is 2.42. The largest absolute Gasteiger partial charge is 0.352 e. The van der Waals surface area contributed by atoms with Crippen LogP contribution in [0.5, 0.6) is 0 Å². The van der Waals surface area contributed by atoms with E-state index in [2.05, 4.69) is 11.4 Å². The molecular formula is C36H32ClFN4O3S. The number of para-hydroxylation sites is 2. The number of hydrogen-bond acceptors (Lipinski definition) is 5. The topological polar surface area (TPSA) is 95.7 Å². The van der Waals surface area contributed by atoms with Crippen LogP contribution >= 0.6 is 23.7 Å². The molecule has 0 spiro atoms. The predicted molar refractivity (Wildman–Crippen MR) is 182 cm³/mol. The molecule has 1 unspecified atom stereocenters. The highest BCUT2D eigenvalue weighted by atomic mass is 35.5. The normalized spacial score (nSPS) is 14.3. The lowest BCUT2D eigenvalue weighted by Crippen LogP contribution is -2.43. The maximum Gasteiger partial charge on any atom is 0.244 e. The maximum atomic E-state index is 14.3. The van der Waals surface area contributed by atoms with Crippen LogP contribution in [0.3, 0.4) is 0 Å². The van der Waals surface area contributed by atoms with Crippen molar-refractivity contribution in [2.75, 3.05) is 9.80 Å². The van der Waals surface area contributed by atoms with Crippen molar-refractivity contribution >= 4 is 58.5 Å². The lowest BCUT2D eigenvalue weighted by atomic mass is 10.0. The van der Waals surface area contributed by atoms with E-state index in [9.17, 15) is 18.8 Å². The summed E-state index contributed by atoms with van der Waals surface area (Å²) in [4.78, 5) is 46.1. The van der Waals surface area contributed by atoms with Crippen molar-refractivity contribution in [3.05, 3.63) is 137 Å². The van der Waals surface area contributed by atoms with Gasteiger partial charge in [-0.05, 0) is 58.5 Å². The minimum atomic E-state index is -1.32. The van der Waals surface area contributed by atoms with Crippen molar-refractivity contribution in [1.29, 1.82) is 0 Å². The fourth-order valence-electron chi connectivity index (χ4n) is 5.45. The molecular weight excluding hydrogens is 623 g/mol. The summed E-state index contributed by atoms with van der Waals surface area (Å²) in [6.45, 7) is 0.472. The van der Waals surface area contributed by atoms with Crippen molar-refractivity contribution in [3.63, 3.8) is 0 Å². The van der Waals surface area contributed by atoms with Crippen LogP contribution < -0.4 is 20.9 Å². The van der Waals surface area contributed by atoms with Crippen LogP contribution in [0, 0.1) is 11.7 Å². The van der Waals surface area contributed by atoms with Gasteiger partial charge in [-0.1, -0.05) is 72.8 Å². The Hall–Kier alpha value is -4.83. The number of thiophene rings is 1. The summed E-state index contributed by atoms with van der Waals surface area (Å²) in [5.41, 5.74) is 10.6. The van der Waals surface area contributed by atoms with E-state index in [4.69, 9.17) is 5.73 Å². The number of hydrogen-bond donors (Lipinski definition) is 2. The number of anilines is 3. The molecule has 46 heavy (non-hydrogen) atoms. The first-order chi connectivity index (χ1) is 21.9. The zero-order valence-corrected chi connectivity index (χ0v) is 26.4. The van der Waals surface area contributed by atoms with Crippen molar-refractivity contribution in [2.45, 2.75) is 26.1 Å². The molecule has 3 amide bonds. The minimum absolute atomic E-state index is 0. The number of amides is 3. The van der Waals surface area contributed by atoms with Gasteiger partial charge in [0.05, 0.1) is 17.9 Å². The van der Waals surface area contributed by atoms with Crippen LogP contribution in [0.1, 0.15) is 23.1 Å². The van der Waals surface area contributed by atoms with Crippen molar-refractivity contribution < 1.29 is 18.8 Å². The number of nitrogens with two attached hydrogens (primary N) is 1. The first-order valence-electron chi connectivity index (χ1n) is 14.6. The lowest BCUT2D eigenvalue weighted by Gasteiger charge is -2.26. The summed E-state index contributed by atoms with van der Waals surface area (Å²) in [5, 5.41) is 4.71. The molecule has 0 bridgehead atoms. The number of nitrogens with one attached hydrogen (secondary N) is 1. The second-order valence-corrected chi connectivity index (χ2v) is 11.7. The molecule has 1 aliphatic rings. The van der Waals surface area contributed by atoms with E-state index in [1.54, 1.807) is 52.6 Å². The molecule has 5 aromatic rings. The van der Waals surface area contributed by atoms with Gasteiger partial charge in [0.25, 0.3) is 0 Å². The molecule has 10 heteroatoms. The van der Waals surface area contributed by atoms with Gasteiger partial charge in [-0.3, -0.25) is 19.3 Å². The Bertz CT molecular complexity index is 1830. The van der Waals surface area contributed by atoms with Crippen LogP contribution in [0.4, 0.5) is 21.5 Å². The van der Waals surface area contributed by atoms with E-state index < -0.39 is 35.9 Å². The van der Waals surface area contributed by atoms with E-state index in [1.165, 1.54) is 11.0 Å². The average Bonchev–Trinajstić information content (AvgIpc) is 3.59. The first kappa shape index (κ1) is 32.6. The van der Waals surface area contributed by atoms with Crippen LogP contribution in [0.2, 0.25) is 0 Å². The highest BCUT2D eigenvalue weighted by molar-refractivity contribution is 7.13. The third-order valence-electron chi connectivity index (χ3n) is 7.85. The maximum absolute atomic E-state index is 14.3. The third kappa shape index (κ3) is 6.87. The van der Waals surface area contributed by atoms with E-state index >= 15 is 0 Å². The first-order valence-corrected chi connectivity index (χ1v) is 15.5. The molecule has 0 radical (unpaired) electrons. The van der Waals surface area contributed by atoms with Gasteiger partial charge in [0.1, 0.15) is 11.7 Å². The Balaban J connectivity index is 0.00000417. The zero-order valence-electron chi connectivity index (χ0n) is 24.8. The Kier molecular flexibility index (Phi) is 10.3. The third-order valence-corrected chi connectivity index (χ3v) is 8.77. The minimum Gasteiger partial charge on any atom is -0.352 e. The van der Waals surface area contributed by atoms with Gasteiger partial charge in [0.2, 0.25) is 17.7 Å². The van der Waals surface area contributed by atoms with Crippen molar-refractivity contribution in [1.82, 2.24) is 5.32 Å². The molecule has 1 aromatic heterocycles. The lowest BCUT2D eigenvalue weighted by molar-refractivity contribution is -0.136. The second kappa shape index (κ2) is 14.5. The van der Waals surface area contributed by atoms with Gasteiger partial charge in [0.15, 0.2) is 0 Å². The summed E-state index contributed by atoms with van der Waals surface area (Å²) in [5.74, 6) is -3.31. The molecule has 1 atom stereocenters. The number of halogens is 2. The Morgan fingerprint density at radius 1 is 0.804 bits per heavy atom. The highest BCUT2D eigenvalue weighted by Crippen LogP contribution is 2.40. The molecule has 0 fully saturated rings. The smallest absolute Gasteiger partial charge is 0.244 e. The molecule has 0 saturated heterocycles. The number of rotatable bonds is 9. The number of nitrogens with zero attached hydrogens (tertiary/aromatic N) is 2. The zero-order chi connectivity index (χ0) is 31.3. The van der Waals surface area contributed by atoms with Gasteiger partial charge < -0.3 is 16.0 Å². The van der Waals surface area contributed by atoms with E-state index in [0.29, 0.717) is 29.2 Å². The fraction of sp³-hybridized carbons (Fsp3) is 0.139. The average molecular weight is 655 g/mol. The molecule has 4 aromatic carbocycles. The number of benzene rings is 4. The summed E-state index contributed by atoms with van der Waals surface area (Å²) in [7, 11) is 0. The molecule has 234 valence electrons. The second-order valence-electron chi connectivity index (χ2n) is 10.8.